The highest BCUT2D eigenvalue weighted by Crippen LogP contribution is 2.18. The monoisotopic (exact) mass is 227 g/mol. The summed E-state index contributed by atoms with van der Waals surface area (Å²) in [5.74, 6) is 0. The molecule has 0 heterocycles. The van der Waals surface area contributed by atoms with Crippen LogP contribution in [-0.4, -0.2) is 39.0 Å². The van der Waals surface area contributed by atoms with Crippen LogP contribution in [0, 0.1) is 0 Å². The zero-order chi connectivity index (χ0) is 11.6. The van der Waals surface area contributed by atoms with Crippen LogP contribution in [0.3, 0.4) is 0 Å². The van der Waals surface area contributed by atoms with Gasteiger partial charge in [0.1, 0.15) is 0 Å². The predicted octanol–water partition coefficient (Wildman–Crippen LogP) is 2.13. The summed E-state index contributed by atoms with van der Waals surface area (Å²) < 4.78 is 10.9. The quantitative estimate of drug-likeness (QED) is 0.433. The van der Waals surface area contributed by atoms with Crippen molar-refractivity contribution in [2.24, 2.45) is 0 Å². The molecule has 1 aliphatic rings. The van der Waals surface area contributed by atoms with Crippen LogP contribution in [0.1, 0.15) is 32.6 Å². The molecule has 0 aliphatic heterocycles. The molecule has 1 saturated carbocycles. The molecule has 0 amide bonds. The fourth-order valence-electron chi connectivity index (χ4n) is 1.31. The Bertz CT molecular complexity index is 190. The van der Waals surface area contributed by atoms with E-state index in [0.29, 0.717) is 19.8 Å². The summed E-state index contributed by atoms with van der Waals surface area (Å²) in [4.78, 5) is 0. The van der Waals surface area contributed by atoms with Crippen LogP contribution in [0.15, 0.2) is 12.2 Å². The molecule has 1 aliphatic carbocycles. The molecule has 3 nitrogen and oxygen atoms in total. The van der Waals surface area contributed by atoms with Crippen LogP contribution in [0.4, 0.5) is 0 Å². The predicted molar refractivity (Wildman–Crippen MR) is 66.7 cm³/mol. The standard InChI is InChI=1S/C13H25NO2/c1-3-4-7-15-8-9-16-11-12(2)10-14-13-5-6-13/h13-14H,2-11H2,1H3. The van der Waals surface area contributed by atoms with E-state index in [9.17, 15) is 0 Å². The number of hydrogen-bond donors (Lipinski definition) is 1. The first-order chi connectivity index (χ1) is 7.83. The molecule has 0 bridgehead atoms. The van der Waals surface area contributed by atoms with Gasteiger partial charge in [0.05, 0.1) is 19.8 Å². The SMILES string of the molecule is C=C(CNC1CC1)COCCOCCCC. The highest BCUT2D eigenvalue weighted by molar-refractivity contribution is 4.99. The van der Waals surface area contributed by atoms with Crippen molar-refractivity contribution in [2.45, 2.75) is 38.6 Å². The lowest BCUT2D eigenvalue weighted by atomic mass is 10.3. The molecule has 1 rings (SSSR count). The number of ether oxygens (including phenoxy) is 2. The van der Waals surface area contributed by atoms with Crippen LogP contribution in [-0.2, 0) is 9.47 Å². The van der Waals surface area contributed by atoms with Gasteiger partial charge in [-0.3, -0.25) is 0 Å². The summed E-state index contributed by atoms with van der Waals surface area (Å²) in [6, 6.07) is 0.745. The van der Waals surface area contributed by atoms with Crippen LogP contribution in [0.25, 0.3) is 0 Å². The highest BCUT2D eigenvalue weighted by Gasteiger charge is 2.19. The van der Waals surface area contributed by atoms with Crippen LogP contribution in [0.5, 0.6) is 0 Å². The molecule has 0 spiro atoms. The van der Waals surface area contributed by atoms with E-state index in [1.165, 1.54) is 19.3 Å². The minimum absolute atomic E-state index is 0.650. The highest BCUT2D eigenvalue weighted by atomic mass is 16.5. The van der Waals surface area contributed by atoms with Crippen molar-refractivity contribution in [3.8, 4) is 0 Å². The van der Waals surface area contributed by atoms with Gasteiger partial charge in [-0.05, 0) is 24.8 Å². The Labute approximate surface area is 99.2 Å². The summed E-state index contributed by atoms with van der Waals surface area (Å²) in [7, 11) is 0. The molecule has 0 radical (unpaired) electrons. The van der Waals surface area contributed by atoms with E-state index in [1.807, 2.05) is 0 Å². The first-order valence-electron chi connectivity index (χ1n) is 6.38. The molecule has 1 fully saturated rings. The van der Waals surface area contributed by atoms with Gasteiger partial charge in [-0.25, -0.2) is 0 Å². The zero-order valence-corrected chi connectivity index (χ0v) is 10.5. The Morgan fingerprint density at radius 2 is 2.00 bits per heavy atom. The first kappa shape index (κ1) is 13.7. The fraction of sp³-hybridized carbons (Fsp3) is 0.846. The van der Waals surface area contributed by atoms with E-state index >= 15 is 0 Å². The average Bonchev–Trinajstić information content (AvgIpc) is 3.09. The second kappa shape index (κ2) is 8.74. The molecule has 16 heavy (non-hydrogen) atoms. The van der Waals surface area contributed by atoms with Gasteiger partial charge in [0.15, 0.2) is 0 Å². The van der Waals surface area contributed by atoms with Gasteiger partial charge in [0.2, 0.25) is 0 Å². The van der Waals surface area contributed by atoms with Crippen molar-refractivity contribution in [2.75, 3.05) is 33.0 Å². The van der Waals surface area contributed by atoms with Gasteiger partial charge in [-0.1, -0.05) is 19.9 Å². The molecule has 0 aromatic carbocycles. The summed E-state index contributed by atoms with van der Waals surface area (Å²) in [5.41, 5.74) is 1.13. The number of hydrogen-bond acceptors (Lipinski definition) is 3. The van der Waals surface area contributed by atoms with Gasteiger partial charge in [0, 0.05) is 19.2 Å². The molecule has 0 saturated heterocycles. The lowest BCUT2D eigenvalue weighted by Crippen LogP contribution is -2.21. The van der Waals surface area contributed by atoms with Gasteiger partial charge < -0.3 is 14.8 Å². The Morgan fingerprint density at radius 1 is 1.25 bits per heavy atom. The maximum Gasteiger partial charge on any atom is 0.0704 e. The molecule has 94 valence electrons. The van der Waals surface area contributed by atoms with Crippen LogP contribution in [0.2, 0.25) is 0 Å². The van der Waals surface area contributed by atoms with Crippen molar-refractivity contribution < 1.29 is 9.47 Å². The molecular weight excluding hydrogens is 202 g/mol. The van der Waals surface area contributed by atoms with Gasteiger partial charge in [-0.15, -0.1) is 0 Å². The largest absolute Gasteiger partial charge is 0.379 e. The minimum Gasteiger partial charge on any atom is -0.379 e. The van der Waals surface area contributed by atoms with Gasteiger partial charge in [-0.2, -0.15) is 0 Å². The maximum atomic E-state index is 5.46. The number of nitrogens with one attached hydrogen (secondary N) is 1. The number of unbranched alkanes of at least 4 members (excludes halogenated alkanes) is 1. The van der Waals surface area contributed by atoms with E-state index in [0.717, 1.165) is 31.2 Å². The lowest BCUT2D eigenvalue weighted by Gasteiger charge is -2.08. The maximum absolute atomic E-state index is 5.46. The van der Waals surface area contributed by atoms with E-state index in [4.69, 9.17) is 9.47 Å². The van der Waals surface area contributed by atoms with Crippen molar-refractivity contribution >= 4 is 0 Å². The lowest BCUT2D eigenvalue weighted by molar-refractivity contribution is 0.0547. The fourth-order valence-corrected chi connectivity index (χ4v) is 1.31. The second-order valence-electron chi connectivity index (χ2n) is 4.42. The third-order valence-corrected chi connectivity index (χ3v) is 2.54. The number of rotatable bonds is 11. The molecule has 0 atom stereocenters. The van der Waals surface area contributed by atoms with Gasteiger partial charge >= 0.3 is 0 Å². The molecule has 1 N–H and O–H groups in total. The molecular formula is C13H25NO2. The molecule has 0 unspecified atom stereocenters. The van der Waals surface area contributed by atoms with E-state index < -0.39 is 0 Å². The topological polar surface area (TPSA) is 30.5 Å². The molecule has 0 aromatic heterocycles. The van der Waals surface area contributed by atoms with Crippen molar-refractivity contribution in [1.82, 2.24) is 5.32 Å². The minimum atomic E-state index is 0.650. The zero-order valence-electron chi connectivity index (χ0n) is 10.5. The van der Waals surface area contributed by atoms with Crippen LogP contribution >= 0.6 is 0 Å². The van der Waals surface area contributed by atoms with Crippen molar-refractivity contribution in [1.29, 1.82) is 0 Å². The molecule has 3 heteroatoms. The summed E-state index contributed by atoms with van der Waals surface area (Å²) in [6.45, 7) is 9.90. The smallest absolute Gasteiger partial charge is 0.0704 e. The van der Waals surface area contributed by atoms with E-state index in [1.54, 1.807) is 0 Å². The Balaban J connectivity index is 1.76. The van der Waals surface area contributed by atoms with Gasteiger partial charge in [0.25, 0.3) is 0 Å². The van der Waals surface area contributed by atoms with E-state index in [2.05, 4.69) is 18.8 Å². The van der Waals surface area contributed by atoms with Crippen LogP contribution < -0.4 is 5.32 Å². The Hall–Kier alpha value is -0.380. The van der Waals surface area contributed by atoms with Crippen molar-refractivity contribution in [3.05, 3.63) is 12.2 Å². The van der Waals surface area contributed by atoms with Crippen molar-refractivity contribution in [3.63, 3.8) is 0 Å². The Morgan fingerprint density at radius 3 is 2.69 bits per heavy atom. The molecule has 0 aromatic rings. The Kier molecular flexibility index (Phi) is 7.47. The average molecular weight is 227 g/mol. The second-order valence-corrected chi connectivity index (χ2v) is 4.42. The third-order valence-electron chi connectivity index (χ3n) is 2.54. The normalized spacial score (nSPS) is 15.3. The third kappa shape index (κ3) is 7.85. The summed E-state index contributed by atoms with van der Waals surface area (Å²) >= 11 is 0. The first-order valence-corrected chi connectivity index (χ1v) is 6.38. The summed E-state index contributed by atoms with van der Waals surface area (Å²) in [5, 5.41) is 3.41. The summed E-state index contributed by atoms with van der Waals surface area (Å²) in [6.07, 6.45) is 4.96. The van der Waals surface area contributed by atoms with E-state index in [-0.39, 0.29) is 0 Å².